The number of ether oxygens (including phenoxy) is 3. The van der Waals surface area contributed by atoms with E-state index in [2.05, 4.69) is 79.9 Å². The Labute approximate surface area is 591 Å². The van der Waals surface area contributed by atoms with Crippen LogP contribution in [0.3, 0.4) is 0 Å². The molecular weight excluding hydrogens is 1190 g/mol. The number of hydrogen-bond acceptors (Lipinski definition) is 10. The van der Waals surface area contributed by atoms with Gasteiger partial charge in [-0.2, -0.15) is 0 Å². The summed E-state index contributed by atoms with van der Waals surface area (Å²) in [6.07, 6.45) is 91.0. The number of amides is 1. The average Bonchev–Trinajstić information content (AvgIpc) is 0.852. The fraction of sp³-hybridized carbons (Fsp3) is 0.835. The molecule has 96 heavy (non-hydrogen) atoms. The molecule has 0 radical (unpaired) electrons. The van der Waals surface area contributed by atoms with E-state index in [1.165, 1.54) is 289 Å². The van der Waals surface area contributed by atoms with E-state index in [-0.39, 0.29) is 18.5 Å². The summed E-state index contributed by atoms with van der Waals surface area (Å²) in [5.41, 5.74) is 0. The highest BCUT2D eigenvalue weighted by Gasteiger charge is 2.44. The number of aliphatic hydroxyl groups is 5. The molecule has 7 atom stereocenters. The van der Waals surface area contributed by atoms with Crippen LogP contribution in [-0.2, 0) is 23.8 Å². The Kier molecular flexibility index (Phi) is 69.6. The Hall–Kier alpha value is -2.90. The van der Waals surface area contributed by atoms with Crippen LogP contribution in [0.2, 0.25) is 0 Å². The first-order valence-electron chi connectivity index (χ1n) is 41.2. The molecule has 1 aliphatic heterocycles. The van der Waals surface area contributed by atoms with E-state index in [1.807, 2.05) is 6.08 Å². The highest BCUT2D eigenvalue weighted by molar-refractivity contribution is 5.76. The second kappa shape index (κ2) is 73.3. The van der Waals surface area contributed by atoms with Gasteiger partial charge in [0.25, 0.3) is 0 Å². The number of carbonyl (C=O) groups is 2. The van der Waals surface area contributed by atoms with Crippen LogP contribution in [-0.4, -0.2) is 100 Å². The highest BCUT2D eigenvalue weighted by atomic mass is 16.7. The fourth-order valence-electron chi connectivity index (χ4n) is 12.8. The average molecular weight is 1350 g/mol. The van der Waals surface area contributed by atoms with Gasteiger partial charge < -0.3 is 45.1 Å². The zero-order valence-corrected chi connectivity index (χ0v) is 62.6. The van der Waals surface area contributed by atoms with Gasteiger partial charge >= 0.3 is 5.97 Å². The van der Waals surface area contributed by atoms with E-state index >= 15 is 0 Å². The second-order valence-corrected chi connectivity index (χ2v) is 28.4. The van der Waals surface area contributed by atoms with Gasteiger partial charge in [-0.05, 0) is 109 Å². The normalized spacial score (nSPS) is 17.7. The number of allylic oxidation sites excluding steroid dienone is 11. The smallest absolute Gasteiger partial charge is 0.305 e. The summed E-state index contributed by atoms with van der Waals surface area (Å²) in [6, 6.07) is -0.833. The molecule has 0 aromatic carbocycles. The maximum absolute atomic E-state index is 13.1. The molecule has 0 aromatic heterocycles. The third kappa shape index (κ3) is 61.0. The van der Waals surface area contributed by atoms with Crippen LogP contribution in [0.4, 0.5) is 0 Å². The van der Waals surface area contributed by atoms with Crippen molar-refractivity contribution in [2.24, 2.45) is 0 Å². The molecule has 1 heterocycles. The summed E-state index contributed by atoms with van der Waals surface area (Å²) in [6.45, 7) is 4.31. The van der Waals surface area contributed by atoms with Crippen LogP contribution >= 0.6 is 0 Å². The van der Waals surface area contributed by atoms with Crippen molar-refractivity contribution in [1.29, 1.82) is 0 Å². The summed E-state index contributed by atoms with van der Waals surface area (Å²) in [7, 11) is 0. The minimum absolute atomic E-state index is 0.0112. The monoisotopic (exact) mass is 1350 g/mol. The minimum Gasteiger partial charge on any atom is -0.466 e. The summed E-state index contributed by atoms with van der Waals surface area (Å²) in [5, 5.41) is 54.5. The van der Waals surface area contributed by atoms with Gasteiger partial charge in [-0.1, -0.05) is 344 Å². The number of aliphatic hydroxyl groups excluding tert-OH is 5. The van der Waals surface area contributed by atoms with Gasteiger partial charge in [0.1, 0.15) is 24.4 Å². The Balaban J connectivity index is 1.89. The molecule has 1 saturated heterocycles. The molecule has 560 valence electrons. The van der Waals surface area contributed by atoms with Crippen molar-refractivity contribution in [2.45, 2.75) is 436 Å². The Bertz CT molecular complexity index is 1830. The topological polar surface area (TPSA) is 175 Å². The zero-order chi connectivity index (χ0) is 69.4. The summed E-state index contributed by atoms with van der Waals surface area (Å²) in [5.74, 6) is -0.182. The Morgan fingerprint density at radius 2 is 0.719 bits per heavy atom. The number of esters is 1. The largest absolute Gasteiger partial charge is 0.466 e. The number of rotatable bonds is 73. The van der Waals surface area contributed by atoms with Crippen molar-refractivity contribution >= 4 is 11.9 Å². The molecule has 7 unspecified atom stereocenters. The summed E-state index contributed by atoms with van der Waals surface area (Å²) in [4.78, 5) is 25.2. The van der Waals surface area contributed by atoms with E-state index in [0.29, 0.717) is 19.4 Å². The SMILES string of the molecule is CCCC/C=C/CC/C=C/CC/C=C/C(O)C(COC1OC(CO)C(O)C(O)C1O)NC(=O)CCCCCCCCCCCCCCCCCCC/C=C\C/C=C\CCCCCCCCCCCCCCCCCOC(=O)CCCCCCCCC/C=C\CCCCCCCC. The number of hydrogen-bond donors (Lipinski definition) is 6. The molecule has 0 bridgehead atoms. The third-order valence-electron chi connectivity index (χ3n) is 19.2. The fourth-order valence-corrected chi connectivity index (χ4v) is 12.8. The lowest BCUT2D eigenvalue weighted by Gasteiger charge is -2.40. The molecule has 6 N–H and O–H groups in total. The number of nitrogens with one attached hydrogen (secondary N) is 1. The highest BCUT2D eigenvalue weighted by Crippen LogP contribution is 2.24. The van der Waals surface area contributed by atoms with Crippen LogP contribution < -0.4 is 5.32 Å². The molecule has 0 aromatic rings. The van der Waals surface area contributed by atoms with Gasteiger partial charge in [0.05, 0.1) is 32.0 Å². The number of unbranched alkanes of at least 4 members (excludes halogenated alkanes) is 49. The predicted molar refractivity (Wildman–Crippen MR) is 407 cm³/mol. The van der Waals surface area contributed by atoms with E-state index < -0.39 is 49.5 Å². The van der Waals surface area contributed by atoms with Gasteiger partial charge in [0.2, 0.25) is 5.91 Å². The van der Waals surface area contributed by atoms with Crippen LogP contribution in [0.5, 0.6) is 0 Å². The van der Waals surface area contributed by atoms with E-state index in [4.69, 9.17) is 14.2 Å². The molecule has 11 heteroatoms. The quantitative estimate of drug-likeness (QED) is 0.0195. The van der Waals surface area contributed by atoms with Gasteiger partial charge in [0, 0.05) is 12.8 Å². The van der Waals surface area contributed by atoms with Crippen LogP contribution in [0.25, 0.3) is 0 Å². The van der Waals surface area contributed by atoms with Gasteiger partial charge in [-0.15, -0.1) is 0 Å². The van der Waals surface area contributed by atoms with E-state index in [9.17, 15) is 35.1 Å². The van der Waals surface area contributed by atoms with Crippen LogP contribution in [0.15, 0.2) is 72.9 Å². The number of carbonyl (C=O) groups excluding carboxylic acids is 2. The van der Waals surface area contributed by atoms with Crippen molar-refractivity contribution in [3.63, 3.8) is 0 Å². The van der Waals surface area contributed by atoms with E-state index in [0.717, 1.165) is 77.0 Å². The molecule has 1 fully saturated rings. The summed E-state index contributed by atoms with van der Waals surface area (Å²) < 4.78 is 16.8. The van der Waals surface area contributed by atoms with Gasteiger partial charge in [-0.3, -0.25) is 9.59 Å². The molecule has 0 aliphatic carbocycles. The van der Waals surface area contributed by atoms with Crippen molar-refractivity contribution in [2.75, 3.05) is 19.8 Å². The van der Waals surface area contributed by atoms with Crippen molar-refractivity contribution < 1.29 is 49.3 Å². The molecule has 1 aliphatic rings. The van der Waals surface area contributed by atoms with Gasteiger partial charge in [0.15, 0.2) is 6.29 Å². The third-order valence-corrected chi connectivity index (χ3v) is 19.2. The summed E-state index contributed by atoms with van der Waals surface area (Å²) >= 11 is 0. The predicted octanol–water partition coefficient (Wildman–Crippen LogP) is 22.6. The maximum Gasteiger partial charge on any atom is 0.305 e. The Morgan fingerprint density at radius 1 is 0.385 bits per heavy atom. The lowest BCUT2D eigenvalue weighted by molar-refractivity contribution is -0.302. The first-order chi connectivity index (χ1) is 47.2. The van der Waals surface area contributed by atoms with Crippen molar-refractivity contribution in [1.82, 2.24) is 5.32 Å². The lowest BCUT2D eigenvalue weighted by Crippen LogP contribution is -2.60. The maximum atomic E-state index is 13.1. The van der Waals surface area contributed by atoms with Crippen LogP contribution in [0.1, 0.15) is 393 Å². The molecule has 1 amide bonds. The first kappa shape index (κ1) is 91.1. The lowest BCUT2D eigenvalue weighted by atomic mass is 9.99. The minimum atomic E-state index is -1.58. The molecule has 0 spiro atoms. The first-order valence-corrected chi connectivity index (χ1v) is 41.2. The molecule has 11 nitrogen and oxygen atoms in total. The molecule has 0 saturated carbocycles. The van der Waals surface area contributed by atoms with Gasteiger partial charge in [-0.25, -0.2) is 0 Å². The van der Waals surface area contributed by atoms with E-state index in [1.54, 1.807) is 6.08 Å². The van der Waals surface area contributed by atoms with Crippen molar-refractivity contribution in [3.05, 3.63) is 72.9 Å². The van der Waals surface area contributed by atoms with Crippen molar-refractivity contribution in [3.8, 4) is 0 Å². The molecular formula is C85H155NO10. The standard InChI is InChI=1S/C85H155NO10/c1-3-5-7-9-11-13-15-17-18-42-46-49-53-57-61-65-69-73-81(90)94-74-70-66-62-58-54-50-47-44-41-39-37-35-33-31-29-27-25-23-21-19-20-22-24-26-28-30-32-34-36-38-40-43-45-48-52-56-60-64-68-72-80(89)86-77(76-95-85-84(93)83(92)82(91)79(75-87)96-85)78(88)71-67-63-59-55-51-16-14-12-10-8-6-4-2/h10,12,17-20,23,25,51,55,67,71,77-79,82-85,87-88,91-93H,3-9,11,13-16,21-22,24,26-50,52-54,56-66,68-70,72-76H2,1-2H3,(H,86,89)/b12-10+,18-17-,20-19-,25-23-,55-51+,71-67+. The molecule has 1 rings (SSSR count). The zero-order valence-electron chi connectivity index (χ0n) is 62.6. The van der Waals surface area contributed by atoms with Crippen LogP contribution in [0, 0.1) is 0 Å². The second-order valence-electron chi connectivity index (χ2n) is 28.4. The Morgan fingerprint density at radius 3 is 1.12 bits per heavy atom.